The van der Waals surface area contributed by atoms with Crippen molar-refractivity contribution < 1.29 is 29.0 Å². The third-order valence-electron chi connectivity index (χ3n) is 5.85. The van der Waals surface area contributed by atoms with Crippen molar-refractivity contribution in [2.24, 2.45) is 0 Å². The van der Waals surface area contributed by atoms with E-state index in [1.165, 1.54) is 30.2 Å². The molecule has 3 aromatic rings. The van der Waals surface area contributed by atoms with E-state index in [1.807, 2.05) is 19.1 Å². The normalized spacial score (nSPS) is 14.4. The van der Waals surface area contributed by atoms with E-state index >= 15 is 0 Å². The fourth-order valence-electron chi connectivity index (χ4n) is 3.80. The lowest BCUT2D eigenvalue weighted by Gasteiger charge is -2.29. The highest BCUT2D eigenvalue weighted by Crippen LogP contribution is 2.38. The summed E-state index contributed by atoms with van der Waals surface area (Å²) in [5.41, 5.74) is 3.06. The van der Waals surface area contributed by atoms with Gasteiger partial charge in [-0.1, -0.05) is 31.2 Å². The molecule has 0 spiro atoms. The molecular weight excluding hydrogens is 572 g/mol. The molecule has 194 valence electrons. The molecule has 3 aromatic carbocycles. The minimum Gasteiger partial charge on any atom is -0.493 e. The van der Waals surface area contributed by atoms with Crippen LogP contribution in [0.4, 0.5) is 5.69 Å². The summed E-state index contributed by atoms with van der Waals surface area (Å²) >= 11 is 8.76. The minimum absolute atomic E-state index is 0.0142. The van der Waals surface area contributed by atoms with Crippen LogP contribution < -0.4 is 19.7 Å². The first-order chi connectivity index (χ1) is 18.2. The molecule has 0 bridgehead atoms. The van der Waals surface area contributed by atoms with Crippen LogP contribution in [0.15, 0.2) is 70.7 Å². The standard InChI is InChI=1S/C28H23BrN2O6S/c1-3-16-6-10-20(11-7-16)31-26(33)21(25(32)30-28(31)38)12-18-13-22(29)24(23(14-18)36-2)37-15-17-4-8-19(9-5-17)27(34)35/h4-14H,3,15H2,1-2H3,(H,34,35)(H,30,32,38)/b21-12+. The zero-order valence-electron chi connectivity index (χ0n) is 20.5. The number of carboxylic acids is 1. The summed E-state index contributed by atoms with van der Waals surface area (Å²) in [4.78, 5) is 38.4. The van der Waals surface area contributed by atoms with Crippen molar-refractivity contribution in [1.82, 2.24) is 5.32 Å². The maximum Gasteiger partial charge on any atom is 0.335 e. The van der Waals surface area contributed by atoms with Gasteiger partial charge in [0.05, 0.1) is 22.8 Å². The molecule has 1 heterocycles. The summed E-state index contributed by atoms with van der Waals surface area (Å²) in [6, 6.07) is 17.1. The number of aromatic carboxylic acids is 1. The Balaban J connectivity index is 1.59. The SMILES string of the molecule is CCc1ccc(N2C(=O)/C(=C/c3cc(Br)c(OCc4ccc(C(=O)O)cc4)c(OC)c3)C(=O)NC2=S)cc1. The number of carbonyl (C=O) groups is 3. The Hall–Kier alpha value is -4.02. The van der Waals surface area contributed by atoms with Gasteiger partial charge in [-0.15, -0.1) is 0 Å². The third kappa shape index (κ3) is 5.76. The lowest BCUT2D eigenvalue weighted by molar-refractivity contribution is -0.122. The van der Waals surface area contributed by atoms with Crippen LogP contribution in [0.5, 0.6) is 11.5 Å². The number of carboxylic acid groups (broad SMARTS) is 1. The van der Waals surface area contributed by atoms with Crippen molar-refractivity contribution in [3.05, 3.63) is 93.0 Å². The summed E-state index contributed by atoms with van der Waals surface area (Å²) in [7, 11) is 1.48. The van der Waals surface area contributed by atoms with E-state index in [4.69, 9.17) is 26.8 Å². The molecule has 1 saturated heterocycles. The second kappa shape index (κ2) is 11.6. The number of halogens is 1. The average Bonchev–Trinajstić information content (AvgIpc) is 2.90. The summed E-state index contributed by atoms with van der Waals surface area (Å²) in [6.45, 7) is 2.20. The zero-order valence-corrected chi connectivity index (χ0v) is 22.9. The molecular formula is C28H23BrN2O6S. The number of ether oxygens (including phenoxy) is 2. The molecule has 0 atom stereocenters. The fourth-order valence-corrected chi connectivity index (χ4v) is 4.66. The Morgan fingerprint density at radius 2 is 1.74 bits per heavy atom. The number of nitrogens with one attached hydrogen (secondary N) is 1. The number of carbonyl (C=O) groups excluding carboxylic acids is 2. The van der Waals surface area contributed by atoms with Crippen molar-refractivity contribution in [1.29, 1.82) is 0 Å². The van der Waals surface area contributed by atoms with Crippen molar-refractivity contribution in [3.63, 3.8) is 0 Å². The Morgan fingerprint density at radius 3 is 2.34 bits per heavy atom. The topological polar surface area (TPSA) is 105 Å². The van der Waals surface area contributed by atoms with E-state index in [0.29, 0.717) is 27.2 Å². The van der Waals surface area contributed by atoms with Gasteiger partial charge in [-0.2, -0.15) is 0 Å². The maximum atomic E-state index is 13.3. The molecule has 0 unspecified atom stereocenters. The maximum absolute atomic E-state index is 13.3. The minimum atomic E-state index is -1.00. The van der Waals surface area contributed by atoms with Crippen LogP contribution in [0, 0.1) is 0 Å². The molecule has 1 aliphatic rings. The van der Waals surface area contributed by atoms with Gasteiger partial charge in [0, 0.05) is 0 Å². The van der Waals surface area contributed by atoms with Gasteiger partial charge in [0.15, 0.2) is 16.6 Å². The Kier molecular flexibility index (Phi) is 8.23. The first-order valence-electron chi connectivity index (χ1n) is 11.5. The third-order valence-corrected chi connectivity index (χ3v) is 6.72. The first kappa shape index (κ1) is 27.0. The molecule has 2 amide bonds. The fraction of sp³-hybridized carbons (Fsp3) is 0.143. The van der Waals surface area contributed by atoms with Gasteiger partial charge in [-0.25, -0.2) is 4.79 Å². The predicted molar refractivity (Wildman–Crippen MR) is 150 cm³/mol. The zero-order chi connectivity index (χ0) is 27.4. The van der Waals surface area contributed by atoms with Crippen LogP contribution in [-0.2, 0) is 22.6 Å². The number of anilines is 1. The summed E-state index contributed by atoms with van der Waals surface area (Å²) in [5.74, 6) is -1.35. The molecule has 4 rings (SSSR count). The second-order valence-corrected chi connectivity index (χ2v) is 9.54. The van der Waals surface area contributed by atoms with Crippen LogP contribution in [-0.4, -0.2) is 35.1 Å². The largest absolute Gasteiger partial charge is 0.493 e. The molecule has 0 aliphatic carbocycles. The molecule has 38 heavy (non-hydrogen) atoms. The van der Waals surface area contributed by atoms with Gasteiger partial charge >= 0.3 is 5.97 Å². The van der Waals surface area contributed by atoms with Gasteiger partial charge in [-0.3, -0.25) is 19.8 Å². The van der Waals surface area contributed by atoms with E-state index in [-0.39, 0.29) is 22.9 Å². The highest BCUT2D eigenvalue weighted by atomic mass is 79.9. The Morgan fingerprint density at radius 1 is 1.08 bits per heavy atom. The molecule has 0 radical (unpaired) electrons. The van der Waals surface area contributed by atoms with E-state index in [9.17, 15) is 14.4 Å². The monoisotopic (exact) mass is 594 g/mol. The van der Waals surface area contributed by atoms with Crippen molar-refractivity contribution in [2.75, 3.05) is 12.0 Å². The van der Waals surface area contributed by atoms with Gasteiger partial charge in [0.25, 0.3) is 11.8 Å². The Bertz CT molecular complexity index is 1450. The number of hydrogen-bond acceptors (Lipinski definition) is 6. The van der Waals surface area contributed by atoms with Crippen molar-refractivity contribution in [3.8, 4) is 11.5 Å². The Labute approximate surface area is 233 Å². The lowest BCUT2D eigenvalue weighted by Crippen LogP contribution is -2.54. The van der Waals surface area contributed by atoms with E-state index in [0.717, 1.165) is 17.5 Å². The number of benzene rings is 3. The summed E-state index contributed by atoms with van der Waals surface area (Å²) in [6.07, 6.45) is 2.32. The van der Waals surface area contributed by atoms with Crippen LogP contribution in [0.2, 0.25) is 0 Å². The van der Waals surface area contributed by atoms with E-state index in [2.05, 4.69) is 21.2 Å². The second-order valence-electron chi connectivity index (χ2n) is 8.30. The molecule has 0 saturated carbocycles. The molecule has 2 N–H and O–H groups in total. The number of nitrogens with zero attached hydrogens (tertiary/aromatic N) is 1. The summed E-state index contributed by atoms with van der Waals surface area (Å²) < 4.78 is 12.0. The number of hydrogen-bond donors (Lipinski definition) is 2. The van der Waals surface area contributed by atoms with Crippen LogP contribution in [0.3, 0.4) is 0 Å². The number of aryl methyl sites for hydroxylation is 1. The average molecular weight is 595 g/mol. The highest BCUT2D eigenvalue weighted by Gasteiger charge is 2.34. The van der Waals surface area contributed by atoms with Crippen LogP contribution in [0.25, 0.3) is 6.08 Å². The van der Waals surface area contributed by atoms with E-state index in [1.54, 1.807) is 36.4 Å². The molecule has 0 aromatic heterocycles. The molecule has 1 aliphatic heterocycles. The lowest BCUT2D eigenvalue weighted by atomic mass is 10.1. The van der Waals surface area contributed by atoms with Crippen LogP contribution >= 0.6 is 28.1 Å². The summed E-state index contributed by atoms with van der Waals surface area (Å²) in [5, 5.41) is 11.7. The quantitative estimate of drug-likeness (QED) is 0.211. The van der Waals surface area contributed by atoms with Gasteiger partial charge in [0.2, 0.25) is 0 Å². The predicted octanol–water partition coefficient (Wildman–Crippen LogP) is 5.13. The first-order valence-corrected chi connectivity index (χ1v) is 12.7. The number of amides is 2. The van der Waals surface area contributed by atoms with E-state index < -0.39 is 17.8 Å². The molecule has 10 heteroatoms. The van der Waals surface area contributed by atoms with Gasteiger partial charge in [0.1, 0.15) is 12.2 Å². The number of rotatable bonds is 8. The smallest absolute Gasteiger partial charge is 0.335 e. The van der Waals surface area contributed by atoms with Gasteiger partial charge in [-0.05, 0) is 93.7 Å². The number of methoxy groups -OCH3 is 1. The van der Waals surface area contributed by atoms with Crippen molar-refractivity contribution in [2.45, 2.75) is 20.0 Å². The van der Waals surface area contributed by atoms with Crippen molar-refractivity contribution >= 4 is 62.8 Å². The highest BCUT2D eigenvalue weighted by molar-refractivity contribution is 9.10. The van der Waals surface area contributed by atoms with Gasteiger partial charge < -0.3 is 14.6 Å². The number of thiocarbonyl (C=S) groups is 1. The molecule has 1 fully saturated rings. The van der Waals surface area contributed by atoms with Crippen LogP contribution in [0.1, 0.15) is 34.0 Å². The molecule has 8 nitrogen and oxygen atoms in total.